The summed E-state index contributed by atoms with van der Waals surface area (Å²) >= 11 is 0. The van der Waals surface area contributed by atoms with Gasteiger partial charge in [0.2, 0.25) is 5.88 Å². The highest BCUT2D eigenvalue weighted by Gasteiger charge is 2.15. The normalized spacial score (nSPS) is 15.8. The lowest BCUT2D eigenvalue weighted by atomic mass is 10.1. The van der Waals surface area contributed by atoms with Gasteiger partial charge in [-0.2, -0.15) is 0 Å². The highest BCUT2D eigenvalue weighted by Crippen LogP contribution is 2.17. The van der Waals surface area contributed by atoms with Crippen LogP contribution in [0.5, 0.6) is 5.88 Å². The van der Waals surface area contributed by atoms with E-state index in [1.54, 1.807) is 6.20 Å². The molecular weight excluding hydrogens is 519 g/mol. The minimum absolute atomic E-state index is 0. The third-order valence-electron chi connectivity index (χ3n) is 4.96. The number of pyridine rings is 1. The van der Waals surface area contributed by atoms with E-state index in [9.17, 15) is 0 Å². The summed E-state index contributed by atoms with van der Waals surface area (Å²) in [5.41, 5.74) is 2.07. The molecule has 8 heteroatoms. The number of aromatic nitrogens is 1. The Morgan fingerprint density at radius 1 is 1.19 bits per heavy atom. The lowest BCUT2D eigenvalue weighted by Crippen LogP contribution is -2.38. The smallest absolute Gasteiger partial charge is 0.218 e. The first-order valence-corrected chi connectivity index (χ1v) is 11.1. The average Bonchev–Trinajstić information content (AvgIpc) is 3.33. The third kappa shape index (κ3) is 9.70. The summed E-state index contributed by atoms with van der Waals surface area (Å²) in [4.78, 5) is 9.09. The zero-order valence-electron chi connectivity index (χ0n) is 18.8. The van der Waals surface area contributed by atoms with Crippen LogP contribution >= 0.6 is 24.0 Å². The van der Waals surface area contributed by atoms with E-state index in [0.717, 1.165) is 69.4 Å². The molecule has 176 valence electrons. The predicted molar refractivity (Wildman–Crippen MR) is 138 cm³/mol. The molecule has 0 spiro atoms. The van der Waals surface area contributed by atoms with Crippen molar-refractivity contribution in [3.05, 3.63) is 59.8 Å². The summed E-state index contributed by atoms with van der Waals surface area (Å²) < 4.78 is 17.1. The highest BCUT2D eigenvalue weighted by atomic mass is 127. The zero-order chi connectivity index (χ0) is 21.6. The maximum Gasteiger partial charge on any atom is 0.218 e. The molecule has 0 radical (unpaired) electrons. The predicted octanol–water partition coefficient (Wildman–Crippen LogP) is 3.78. The van der Waals surface area contributed by atoms with Crippen LogP contribution in [0.15, 0.2) is 53.7 Å². The average molecular weight is 554 g/mol. The summed E-state index contributed by atoms with van der Waals surface area (Å²) in [5, 5.41) is 6.66. The van der Waals surface area contributed by atoms with Gasteiger partial charge in [0.15, 0.2) is 5.96 Å². The van der Waals surface area contributed by atoms with Gasteiger partial charge < -0.3 is 24.8 Å². The molecule has 1 atom stereocenters. The number of guanidine groups is 1. The van der Waals surface area contributed by atoms with Gasteiger partial charge in [-0.15, -0.1) is 24.0 Å². The second-order valence-electron chi connectivity index (χ2n) is 7.52. The van der Waals surface area contributed by atoms with Crippen molar-refractivity contribution in [2.24, 2.45) is 10.9 Å². The Bertz CT molecular complexity index is 786. The Kier molecular flexibility index (Phi) is 13.0. The van der Waals surface area contributed by atoms with E-state index in [-0.39, 0.29) is 24.0 Å². The number of hydrogen-bond acceptors (Lipinski definition) is 5. The van der Waals surface area contributed by atoms with Gasteiger partial charge >= 0.3 is 0 Å². The SMILES string of the molecule is CCNC(=NCc1cccnc1OCc1ccccc1)NCCCOCC1CCOC1.I. The van der Waals surface area contributed by atoms with Crippen LogP contribution in [-0.2, 0) is 22.6 Å². The van der Waals surface area contributed by atoms with E-state index in [1.807, 2.05) is 42.5 Å². The molecule has 1 aliphatic rings. The van der Waals surface area contributed by atoms with Gasteiger partial charge in [-0.3, -0.25) is 0 Å². The summed E-state index contributed by atoms with van der Waals surface area (Å²) in [6.07, 6.45) is 3.78. The fourth-order valence-corrected chi connectivity index (χ4v) is 3.25. The lowest BCUT2D eigenvalue weighted by Gasteiger charge is -2.13. The highest BCUT2D eigenvalue weighted by molar-refractivity contribution is 14.0. The molecule has 1 saturated heterocycles. The fraction of sp³-hybridized carbons (Fsp3) is 0.500. The van der Waals surface area contributed by atoms with Crippen molar-refractivity contribution in [1.82, 2.24) is 15.6 Å². The number of nitrogens with one attached hydrogen (secondary N) is 2. The molecule has 2 heterocycles. The summed E-state index contributed by atoms with van der Waals surface area (Å²) in [6, 6.07) is 14.0. The molecule has 0 bridgehead atoms. The van der Waals surface area contributed by atoms with Crippen LogP contribution in [0.3, 0.4) is 0 Å². The van der Waals surface area contributed by atoms with E-state index >= 15 is 0 Å². The molecule has 0 aliphatic carbocycles. The third-order valence-corrected chi connectivity index (χ3v) is 4.96. The van der Waals surface area contributed by atoms with Crippen LogP contribution in [-0.4, -0.2) is 50.5 Å². The van der Waals surface area contributed by atoms with E-state index in [4.69, 9.17) is 19.2 Å². The van der Waals surface area contributed by atoms with Gasteiger partial charge in [0.1, 0.15) is 6.61 Å². The van der Waals surface area contributed by atoms with Gasteiger partial charge in [-0.05, 0) is 31.4 Å². The number of aliphatic imine (C=N–C) groups is 1. The quantitative estimate of drug-likeness (QED) is 0.180. The Morgan fingerprint density at radius 3 is 2.84 bits per heavy atom. The molecule has 7 nitrogen and oxygen atoms in total. The Balaban J connectivity index is 0.00000363. The van der Waals surface area contributed by atoms with Crippen molar-refractivity contribution >= 4 is 29.9 Å². The lowest BCUT2D eigenvalue weighted by molar-refractivity contribution is 0.0888. The molecule has 1 unspecified atom stereocenters. The van der Waals surface area contributed by atoms with Gasteiger partial charge in [-0.1, -0.05) is 36.4 Å². The van der Waals surface area contributed by atoms with Crippen molar-refractivity contribution in [2.45, 2.75) is 32.9 Å². The number of halogens is 1. The second kappa shape index (κ2) is 15.8. The van der Waals surface area contributed by atoms with Gasteiger partial charge in [-0.25, -0.2) is 9.98 Å². The van der Waals surface area contributed by atoms with Crippen molar-refractivity contribution in [3.63, 3.8) is 0 Å². The summed E-state index contributed by atoms with van der Waals surface area (Å²) in [6.45, 7) is 7.87. The molecule has 1 fully saturated rings. The summed E-state index contributed by atoms with van der Waals surface area (Å²) in [5.74, 6) is 1.96. The van der Waals surface area contributed by atoms with Crippen LogP contribution in [0.4, 0.5) is 0 Å². The Hall–Kier alpha value is -1.91. The van der Waals surface area contributed by atoms with Gasteiger partial charge in [0, 0.05) is 44.0 Å². The Labute approximate surface area is 208 Å². The van der Waals surface area contributed by atoms with Crippen LogP contribution in [0.2, 0.25) is 0 Å². The molecule has 0 amide bonds. The number of benzene rings is 1. The molecule has 1 aliphatic heterocycles. The maximum atomic E-state index is 5.94. The van der Waals surface area contributed by atoms with Crippen molar-refractivity contribution in [2.75, 3.05) is 39.5 Å². The molecule has 32 heavy (non-hydrogen) atoms. The number of nitrogens with zero attached hydrogens (tertiary/aromatic N) is 2. The standard InChI is InChI=1S/C24H34N4O3.HI/c1-2-25-24(27-13-7-14-29-17-21-11-15-30-18-21)28-16-22-10-6-12-26-23(22)31-19-20-8-4-3-5-9-20;/h3-6,8-10,12,21H,2,7,11,13-19H2,1H3,(H2,25,27,28);1H. The number of hydrogen-bond donors (Lipinski definition) is 2. The van der Waals surface area contributed by atoms with Gasteiger partial charge in [0.25, 0.3) is 0 Å². The number of rotatable bonds is 12. The topological polar surface area (TPSA) is 77.0 Å². The van der Waals surface area contributed by atoms with Crippen LogP contribution in [0.1, 0.15) is 30.9 Å². The van der Waals surface area contributed by atoms with Crippen molar-refractivity contribution in [3.8, 4) is 5.88 Å². The second-order valence-corrected chi connectivity index (χ2v) is 7.52. The van der Waals surface area contributed by atoms with E-state index in [0.29, 0.717) is 24.9 Å². The van der Waals surface area contributed by atoms with E-state index in [2.05, 4.69) is 22.5 Å². The monoisotopic (exact) mass is 554 g/mol. The molecule has 0 saturated carbocycles. The van der Waals surface area contributed by atoms with E-state index < -0.39 is 0 Å². The van der Waals surface area contributed by atoms with Crippen molar-refractivity contribution in [1.29, 1.82) is 0 Å². The first-order valence-electron chi connectivity index (χ1n) is 11.1. The first-order chi connectivity index (χ1) is 15.3. The minimum Gasteiger partial charge on any atom is -0.473 e. The minimum atomic E-state index is 0. The van der Waals surface area contributed by atoms with Crippen LogP contribution < -0.4 is 15.4 Å². The number of ether oxygens (including phenoxy) is 3. The zero-order valence-corrected chi connectivity index (χ0v) is 21.1. The first kappa shape index (κ1) is 26.3. The van der Waals surface area contributed by atoms with Crippen LogP contribution in [0, 0.1) is 5.92 Å². The molecule has 2 N–H and O–H groups in total. The largest absolute Gasteiger partial charge is 0.473 e. The van der Waals surface area contributed by atoms with E-state index in [1.165, 1.54) is 0 Å². The molecule has 1 aromatic carbocycles. The van der Waals surface area contributed by atoms with Crippen molar-refractivity contribution < 1.29 is 14.2 Å². The maximum absolute atomic E-state index is 5.94. The molecular formula is C24H35IN4O3. The van der Waals surface area contributed by atoms with Crippen LogP contribution in [0.25, 0.3) is 0 Å². The molecule has 1 aromatic heterocycles. The summed E-state index contributed by atoms with van der Waals surface area (Å²) in [7, 11) is 0. The fourth-order valence-electron chi connectivity index (χ4n) is 3.25. The Morgan fingerprint density at radius 2 is 2.06 bits per heavy atom. The molecule has 3 rings (SSSR count). The molecule has 2 aromatic rings. The van der Waals surface area contributed by atoms with Gasteiger partial charge in [0.05, 0.1) is 19.8 Å².